The van der Waals surface area contributed by atoms with Gasteiger partial charge in [-0.05, 0) is 49.2 Å². The average Bonchev–Trinajstić information content (AvgIpc) is 3.17. The van der Waals surface area contributed by atoms with Crippen molar-refractivity contribution in [1.82, 2.24) is 14.8 Å². The van der Waals surface area contributed by atoms with Crippen LogP contribution in [0.4, 0.5) is 17.3 Å². The predicted octanol–water partition coefficient (Wildman–Crippen LogP) is 4.23. The molecule has 1 aromatic heterocycles. The zero-order chi connectivity index (χ0) is 21.4. The van der Waals surface area contributed by atoms with Gasteiger partial charge in [-0.3, -0.25) is 4.79 Å². The van der Waals surface area contributed by atoms with Crippen LogP contribution in [0.5, 0.6) is 0 Å². The highest BCUT2D eigenvalue weighted by atomic mass is 35.5. The van der Waals surface area contributed by atoms with Crippen LogP contribution >= 0.6 is 11.6 Å². The van der Waals surface area contributed by atoms with E-state index < -0.39 is 6.04 Å². The van der Waals surface area contributed by atoms with Gasteiger partial charge in [0.1, 0.15) is 12.4 Å². The first-order chi connectivity index (χ1) is 14.3. The molecule has 3 aromatic rings. The van der Waals surface area contributed by atoms with Gasteiger partial charge in [0.2, 0.25) is 5.95 Å². The van der Waals surface area contributed by atoms with Crippen molar-refractivity contribution >= 4 is 34.8 Å². The van der Waals surface area contributed by atoms with Gasteiger partial charge >= 0.3 is 0 Å². The minimum atomic E-state index is -0.403. The first kappa shape index (κ1) is 20.0. The molecule has 0 unspecified atom stereocenters. The number of anilines is 3. The Labute approximate surface area is 180 Å². The lowest BCUT2D eigenvalue weighted by Gasteiger charge is -2.29. The number of allylic oxidation sites excluding steroid dienone is 1. The van der Waals surface area contributed by atoms with Gasteiger partial charge in [-0.15, -0.1) is 0 Å². The number of benzene rings is 2. The number of halogens is 1. The summed E-state index contributed by atoms with van der Waals surface area (Å²) in [5, 5.41) is 11.1. The SMILES string of the molecule is CC1=C(C(=O)Nc2cc(Cl)ccc2C)[C@@H](c2ccc(N(C)C)cc2)n2ncnc2N1. The maximum Gasteiger partial charge on any atom is 0.255 e. The van der Waals surface area contributed by atoms with Gasteiger partial charge in [0.25, 0.3) is 5.91 Å². The Morgan fingerprint density at radius 3 is 2.60 bits per heavy atom. The molecule has 2 N–H and O–H groups in total. The summed E-state index contributed by atoms with van der Waals surface area (Å²) < 4.78 is 1.73. The van der Waals surface area contributed by atoms with Crippen molar-refractivity contribution in [3.05, 3.63) is 76.2 Å². The van der Waals surface area contributed by atoms with Crippen molar-refractivity contribution in [3.8, 4) is 0 Å². The quantitative estimate of drug-likeness (QED) is 0.658. The molecule has 1 atom stereocenters. The molecule has 1 aliphatic heterocycles. The fraction of sp³-hybridized carbons (Fsp3) is 0.227. The summed E-state index contributed by atoms with van der Waals surface area (Å²) in [6.45, 7) is 3.80. The average molecular weight is 423 g/mol. The Morgan fingerprint density at radius 2 is 1.90 bits per heavy atom. The third-order valence-corrected chi connectivity index (χ3v) is 5.45. The highest BCUT2D eigenvalue weighted by Crippen LogP contribution is 2.36. The maximum absolute atomic E-state index is 13.4. The second-order valence-corrected chi connectivity index (χ2v) is 7.93. The van der Waals surface area contributed by atoms with Crippen LogP contribution < -0.4 is 15.5 Å². The molecule has 0 bridgehead atoms. The summed E-state index contributed by atoms with van der Waals surface area (Å²) >= 11 is 6.13. The van der Waals surface area contributed by atoms with Crippen LogP contribution in [0.3, 0.4) is 0 Å². The molecule has 0 radical (unpaired) electrons. The largest absolute Gasteiger partial charge is 0.378 e. The number of carbonyl (C=O) groups is 1. The Morgan fingerprint density at radius 1 is 1.17 bits per heavy atom. The lowest BCUT2D eigenvalue weighted by atomic mass is 9.94. The van der Waals surface area contributed by atoms with Crippen LogP contribution in [0.15, 0.2) is 60.1 Å². The number of nitrogens with zero attached hydrogens (tertiary/aromatic N) is 4. The normalized spacial score (nSPS) is 15.4. The Hall–Kier alpha value is -3.32. The summed E-state index contributed by atoms with van der Waals surface area (Å²) in [6.07, 6.45) is 1.48. The number of aromatic nitrogens is 3. The zero-order valence-corrected chi connectivity index (χ0v) is 18.0. The van der Waals surface area contributed by atoms with Gasteiger partial charge in [0, 0.05) is 36.2 Å². The number of aryl methyl sites for hydroxylation is 1. The molecule has 7 nitrogen and oxygen atoms in total. The van der Waals surface area contributed by atoms with Crippen LogP contribution in [-0.4, -0.2) is 34.8 Å². The van der Waals surface area contributed by atoms with E-state index in [9.17, 15) is 4.79 Å². The summed E-state index contributed by atoms with van der Waals surface area (Å²) in [5.74, 6) is 0.387. The van der Waals surface area contributed by atoms with Crippen molar-refractivity contribution in [3.63, 3.8) is 0 Å². The number of amides is 1. The lowest BCUT2D eigenvalue weighted by molar-refractivity contribution is -0.113. The predicted molar refractivity (Wildman–Crippen MR) is 120 cm³/mol. The topological polar surface area (TPSA) is 75.1 Å². The maximum atomic E-state index is 13.4. The molecule has 0 spiro atoms. The number of hydrogen-bond acceptors (Lipinski definition) is 5. The molecular formula is C22H23ClN6O. The van der Waals surface area contributed by atoms with Gasteiger partial charge in [0.15, 0.2) is 0 Å². The molecule has 154 valence electrons. The van der Waals surface area contributed by atoms with E-state index in [2.05, 4.69) is 20.7 Å². The minimum Gasteiger partial charge on any atom is -0.378 e. The second-order valence-electron chi connectivity index (χ2n) is 7.49. The number of hydrogen-bond donors (Lipinski definition) is 2. The Kier molecular flexibility index (Phi) is 5.22. The lowest BCUT2D eigenvalue weighted by Crippen LogP contribution is -2.31. The van der Waals surface area contributed by atoms with E-state index in [-0.39, 0.29) is 5.91 Å². The van der Waals surface area contributed by atoms with Crippen molar-refractivity contribution in [1.29, 1.82) is 0 Å². The van der Waals surface area contributed by atoms with E-state index in [0.29, 0.717) is 22.2 Å². The van der Waals surface area contributed by atoms with Crippen LogP contribution in [0.1, 0.15) is 24.1 Å². The standard InChI is InChI=1S/C22H23ClN6O/c1-13-5-8-16(23)11-18(13)27-21(30)19-14(2)26-22-24-12-25-29(22)20(19)15-6-9-17(10-7-15)28(3)4/h5-12,20H,1-4H3,(H,27,30)(H,24,25,26)/t20-/m1/s1. The summed E-state index contributed by atoms with van der Waals surface area (Å²) in [7, 11) is 3.98. The van der Waals surface area contributed by atoms with Gasteiger partial charge in [-0.1, -0.05) is 29.8 Å². The molecule has 2 heterocycles. The molecule has 0 saturated carbocycles. The van der Waals surface area contributed by atoms with Crippen molar-refractivity contribution in [2.24, 2.45) is 0 Å². The minimum absolute atomic E-state index is 0.215. The first-order valence-corrected chi connectivity index (χ1v) is 9.95. The van der Waals surface area contributed by atoms with Crippen molar-refractivity contribution in [2.75, 3.05) is 29.6 Å². The van der Waals surface area contributed by atoms with E-state index in [0.717, 1.165) is 22.5 Å². The molecule has 1 aliphatic rings. The van der Waals surface area contributed by atoms with Gasteiger partial charge in [0.05, 0.1) is 5.57 Å². The molecule has 0 saturated heterocycles. The number of fused-ring (bicyclic) bond motifs is 1. The molecule has 0 aliphatic carbocycles. The monoisotopic (exact) mass is 422 g/mol. The fourth-order valence-corrected chi connectivity index (χ4v) is 3.74. The summed E-state index contributed by atoms with van der Waals surface area (Å²) in [6, 6.07) is 13.1. The van der Waals surface area contributed by atoms with Crippen molar-refractivity contribution < 1.29 is 4.79 Å². The smallest absolute Gasteiger partial charge is 0.255 e. The summed E-state index contributed by atoms with van der Waals surface area (Å²) in [5.41, 5.74) is 4.94. The second kappa shape index (κ2) is 7.84. The van der Waals surface area contributed by atoms with E-state index in [4.69, 9.17) is 11.6 Å². The molecule has 30 heavy (non-hydrogen) atoms. The Balaban J connectivity index is 1.75. The molecule has 2 aromatic carbocycles. The zero-order valence-electron chi connectivity index (χ0n) is 17.3. The van der Waals surface area contributed by atoms with Crippen LogP contribution in [0.2, 0.25) is 5.02 Å². The van der Waals surface area contributed by atoms with E-state index in [1.54, 1.807) is 16.8 Å². The van der Waals surface area contributed by atoms with Crippen LogP contribution in [-0.2, 0) is 4.79 Å². The molecule has 1 amide bonds. The highest BCUT2D eigenvalue weighted by Gasteiger charge is 2.33. The van der Waals surface area contributed by atoms with Crippen molar-refractivity contribution in [2.45, 2.75) is 19.9 Å². The van der Waals surface area contributed by atoms with Gasteiger partial charge in [-0.25, -0.2) is 4.68 Å². The third kappa shape index (κ3) is 3.64. The molecular weight excluding hydrogens is 400 g/mol. The van der Waals surface area contributed by atoms with Crippen LogP contribution in [0.25, 0.3) is 0 Å². The summed E-state index contributed by atoms with van der Waals surface area (Å²) in [4.78, 5) is 19.7. The number of rotatable bonds is 4. The Bertz CT molecular complexity index is 1130. The van der Waals surface area contributed by atoms with E-state index in [1.165, 1.54) is 6.33 Å². The fourth-order valence-electron chi connectivity index (χ4n) is 3.57. The molecule has 4 rings (SSSR count). The third-order valence-electron chi connectivity index (χ3n) is 5.21. The molecule has 8 heteroatoms. The van der Waals surface area contributed by atoms with E-state index in [1.807, 2.05) is 63.2 Å². The van der Waals surface area contributed by atoms with E-state index >= 15 is 0 Å². The molecule has 0 fully saturated rings. The highest BCUT2D eigenvalue weighted by molar-refractivity contribution is 6.31. The van der Waals surface area contributed by atoms with Gasteiger partial charge < -0.3 is 15.5 Å². The van der Waals surface area contributed by atoms with Crippen LogP contribution in [0, 0.1) is 6.92 Å². The van der Waals surface area contributed by atoms with Gasteiger partial charge in [-0.2, -0.15) is 10.1 Å². The number of nitrogens with one attached hydrogen (secondary N) is 2. The first-order valence-electron chi connectivity index (χ1n) is 9.57. The number of carbonyl (C=O) groups excluding carboxylic acids is 1.